The summed E-state index contributed by atoms with van der Waals surface area (Å²) in [7, 11) is 0. The zero-order valence-electron chi connectivity index (χ0n) is 11.1. The molecule has 0 spiro atoms. The van der Waals surface area contributed by atoms with Crippen LogP contribution in [0.3, 0.4) is 0 Å². The highest BCUT2D eigenvalue weighted by Crippen LogP contribution is 2.42. The number of rotatable bonds is 1. The molecule has 0 saturated carbocycles. The van der Waals surface area contributed by atoms with Crippen molar-refractivity contribution in [3.63, 3.8) is 0 Å². The van der Waals surface area contributed by atoms with E-state index >= 15 is 0 Å². The minimum absolute atomic E-state index is 0.0575. The van der Waals surface area contributed by atoms with Crippen LogP contribution in [-0.2, 0) is 0 Å². The third kappa shape index (κ3) is 2.03. The topological polar surface area (TPSA) is 20.2 Å². The summed E-state index contributed by atoms with van der Waals surface area (Å²) in [6.07, 6.45) is -0.287. The predicted molar refractivity (Wildman–Crippen MR) is 65.7 cm³/mol. The molecule has 0 aromatic rings. The predicted octanol–water partition coefficient (Wildman–Crippen LogP) is 3.70. The molecule has 0 fully saturated rings. The van der Waals surface area contributed by atoms with Crippen LogP contribution in [0.1, 0.15) is 48.5 Å². The first-order valence-electron chi connectivity index (χ1n) is 5.71. The molecule has 0 radical (unpaired) electrons. The van der Waals surface area contributed by atoms with E-state index in [0.717, 1.165) is 0 Å². The Kier molecular flexibility index (Phi) is 3.16. The van der Waals surface area contributed by atoms with Gasteiger partial charge in [0.05, 0.1) is 6.10 Å². The van der Waals surface area contributed by atoms with E-state index in [1.54, 1.807) is 0 Å². The summed E-state index contributed by atoms with van der Waals surface area (Å²) in [5, 5.41) is 10.4. The second-order valence-electron chi connectivity index (χ2n) is 5.90. The maximum atomic E-state index is 10.4. The van der Waals surface area contributed by atoms with Crippen LogP contribution in [-0.4, -0.2) is 11.2 Å². The Hall–Kier alpha value is -0.560. The van der Waals surface area contributed by atoms with Gasteiger partial charge in [-0.25, -0.2) is 0 Å². The summed E-state index contributed by atoms with van der Waals surface area (Å²) in [5.41, 5.74) is 5.35. The van der Waals surface area contributed by atoms with Gasteiger partial charge in [0.15, 0.2) is 0 Å². The SMILES string of the molecule is CC1=C(C)C(C(O)C(C)(C)C)C(C)=C1C. The summed E-state index contributed by atoms with van der Waals surface area (Å²) >= 11 is 0. The molecular weight excluding hydrogens is 184 g/mol. The quantitative estimate of drug-likeness (QED) is 0.696. The standard InChI is InChI=1S/C14H24O/c1-8-9(2)11(4)12(10(8)3)13(15)14(5,6)7/h12-13,15H,1-7H3. The summed E-state index contributed by atoms with van der Waals surface area (Å²) in [6.45, 7) is 14.9. The van der Waals surface area contributed by atoms with E-state index < -0.39 is 0 Å². The van der Waals surface area contributed by atoms with Crippen LogP contribution in [0, 0.1) is 11.3 Å². The molecule has 0 bridgehead atoms. The monoisotopic (exact) mass is 208 g/mol. The van der Waals surface area contributed by atoms with Gasteiger partial charge in [-0.05, 0) is 44.3 Å². The van der Waals surface area contributed by atoms with E-state index in [1.807, 2.05) is 0 Å². The van der Waals surface area contributed by atoms with Crippen LogP contribution >= 0.6 is 0 Å². The van der Waals surface area contributed by atoms with Crippen LogP contribution in [0.25, 0.3) is 0 Å². The lowest BCUT2D eigenvalue weighted by atomic mass is 9.77. The lowest BCUT2D eigenvalue weighted by Gasteiger charge is -2.33. The van der Waals surface area contributed by atoms with E-state index in [2.05, 4.69) is 48.5 Å². The molecule has 0 heterocycles. The molecule has 15 heavy (non-hydrogen) atoms. The summed E-state index contributed by atoms with van der Waals surface area (Å²) in [6, 6.07) is 0. The fourth-order valence-electron chi connectivity index (χ4n) is 2.36. The van der Waals surface area contributed by atoms with Crippen LogP contribution < -0.4 is 0 Å². The molecule has 1 aliphatic rings. The van der Waals surface area contributed by atoms with Gasteiger partial charge in [-0.1, -0.05) is 31.9 Å². The first kappa shape index (κ1) is 12.5. The molecule has 1 nitrogen and oxygen atoms in total. The van der Waals surface area contributed by atoms with E-state index in [1.165, 1.54) is 22.3 Å². The van der Waals surface area contributed by atoms with Gasteiger partial charge < -0.3 is 5.11 Å². The molecule has 0 aliphatic heterocycles. The van der Waals surface area contributed by atoms with Crippen molar-refractivity contribution < 1.29 is 5.11 Å². The Balaban J connectivity index is 3.10. The first-order chi connectivity index (χ1) is 6.68. The van der Waals surface area contributed by atoms with E-state index in [9.17, 15) is 5.11 Å². The largest absolute Gasteiger partial charge is 0.392 e. The zero-order valence-corrected chi connectivity index (χ0v) is 11.1. The molecule has 1 rings (SSSR count). The number of hydrogen-bond donors (Lipinski definition) is 1. The second-order valence-corrected chi connectivity index (χ2v) is 5.90. The van der Waals surface area contributed by atoms with Crippen molar-refractivity contribution in [2.24, 2.45) is 11.3 Å². The number of hydrogen-bond acceptors (Lipinski definition) is 1. The van der Waals surface area contributed by atoms with Crippen molar-refractivity contribution in [2.45, 2.75) is 54.6 Å². The Labute approximate surface area is 93.9 Å². The Bertz CT molecular complexity index is 302. The van der Waals surface area contributed by atoms with Gasteiger partial charge in [0, 0.05) is 5.92 Å². The molecule has 86 valence electrons. The summed E-state index contributed by atoms with van der Waals surface area (Å²) < 4.78 is 0. The van der Waals surface area contributed by atoms with Gasteiger partial charge in [-0.2, -0.15) is 0 Å². The van der Waals surface area contributed by atoms with Gasteiger partial charge in [-0.3, -0.25) is 0 Å². The maximum Gasteiger partial charge on any atom is 0.0691 e. The fraction of sp³-hybridized carbons (Fsp3) is 0.714. The molecule has 0 saturated heterocycles. The fourth-order valence-corrected chi connectivity index (χ4v) is 2.36. The van der Waals surface area contributed by atoms with E-state index in [-0.39, 0.29) is 17.4 Å². The molecule has 1 N–H and O–H groups in total. The highest BCUT2D eigenvalue weighted by molar-refractivity contribution is 5.47. The average Bonchev–Trinajstić information content (AvgIpc) is 2.29. The Morgan fingerprint density at radius 2 is 1.27 bits per heavy atom. The van der Waals surface area contributed by atoms with Crippen LogP contribution in [0.15, 0.2) is 22.3 Å². The molecular formula is C14H24O. The number of allylic oxidation sites excluding steroid dienone is 2. The minimum Gasteiger partial charge on any atom is -0.392 e. The number of aliphatic hydroxyl groups is 1. The van der Waals surface area contributed by atoms with Gasteiger partial charge in [0.1, 0.15) is 0 Å². The van der Waals surface area contributed by atoms with Gasteiger partial charge in [0.25, 0.3) is 0 Å². The van der Waals surface area contributed by atoms with Crippen molar-refractivity contribution in [1.29, 1.82) is 0 Å². The number of aliphatic hydroxyl groups excluding tert-OH is 1. The second kappa shape index (κ2) is 3.79. The Morgan fingerprint density at radius 1 is 0.933 bits per heavy atom. The van der Waals surface area contributed by atoms with Crippen molar-refractivity contribution in [3.05, 3.63) is 22.3 Å². The van der Waals surface area contributed by atoms with E-state index in [0.29, 0.717) is 0 Å². The molecule has 1 aliphatic carbocycles. The molecule has 1 unspecified atom stereocenters. The van der Waals surface area contributed by atoms with Crippen molar-refractivity contribution in [1.82, 2.24) is 0 Å². The van der Waals surface area contributed by atoms with Gasteiger partial charge in [-0.15, -0.1) is 0 Å². The van der Waals surface area contributed by atoms with Crippen LogP contribution in [0.2, 0.25) is 0 Å². The summed E-state index contributed by atoms with van der Waals surface area (Å²) in [4.78, 5) is 0. The molecule has 0 aromatic heterocycles. The minimum atomic E-state index is -0.287. The smallest absolute Gasteiger partial charge is 0.0691 e. The van der Waals surface area contributed by atoms with Crippen LogP contribution in [0.4, 0.5) is 0 Å². The maximum absolute atomic E-state index is 10.4. The van der Waals surface area contributed by atoms with Crippen LogP contribution in [0.5, 0.6) is 0 Å². The zero-order chi connectivity index (χ0) is 12.0. The van der Waals surface area contributed by atoms with Gasteiger partial charge in [0.2, 0.25) is 0 Å². The highest BCUT2D eigenvalue weighted by atomic mass is 16.3. The van der Waals surface area contributed by atoms with Crippen molar-refractivity contribution in [2.75, 3.05) is 0 Å². The normalized spacial score (nSPS) is 21.6. The highest BCUT2D eigenvalue weighted by Gasteiger charge is 2.36. The van der Waals surface area contributed by atoms with Crippen molar-refractivity contribution >= 4 is 0 Å². The van der Waals surface area contributed by atoms with Gasteiger partial charge >= 0.3 is 0 Å². The van der Waals surface area contributed by atoms with E-state index in [4.69, 9.17) is 0 Å². The molecule has 0 amide bonds. The summed E-state index contributed by atoms with van der Waals surface area (Å²) in [5.74, 6) is 0.227. The third-order valence-corrected chi connectivity index (χ3v) is 3.88. The Morgan fingerprint density at radius 3 is 1.53 bits per heavy atom. The average molecular weight is 208 g/mol. The third-order valence-electron chi connectivity index (χ3n) is 3.88. The molecule has 0 aromatic carbocycles. The first-order valence-corrected chi connectivity index (χ1v) is 5.71. The lowest BCUT2D eigenvalue weighted by Crippen LogP contribution is -2.34. The molecule has 1 atom stereocenters. The van der Waals surface area contributed by atoms with Crippen molar-refractivity contribution in [3.8, 4) is 0 Å². The molecule has 1 heteroatoms. The lowest BCUT2D eigenvalue weighted by molar-refractivity contribution is 0.0362.